The number of rotatable bonds is 9. The summed E-state index contributed by atoms with van der Waals surface area (Å²) < 4.78 is 0. The van der Waals surface area contributed by atoms with E-state index in [2.05, 4.69) is 20.8 Å². The molecule has 0 aromatic rings. The lowest BCUT2D eigenvalue weighted by Crippen LogP contribution is -2.48. The first-order valence-electron chi connectivity index (χ1n) is 8.31. The van der Waals surface area contributed by atoms with Crippen LogP contribution in [0, 0.1) is 5.41 Å². The molecular formula is C17H35N. The minimum Gasteiger partial charge on any atom is -0.325 e. The van der Waals surface area contributed by atoms with E-state index in [-0.39, 0.29) is 5.54 Å². The van der Waals surface area contributed by atoms with Gasteiger partial charge in [-0.3, -0.25) is 0 Å². The summed E-state index contributed by atoms with van der Waals surface area (Å²) in [6.07, 6.45) is 16.4. The summed E-state index contributed by atoms with van der Waals surface area (Å²) in [4.78, 5) is 0. The Kier molecular flexibility index (Phi) is 6.70. The van der Waals surface area contributed by atoms with Crippen LogP contribution in [0.2, 0.25) is 0 Å². The average Bonchev–Trinajstić information content (AvgIpc) is 2.57. The molecule has 1 rings (SSSR count). The number of nitrogens with two attached hydrogens (primary N) is 1. The molecular weight excluding hydrogens is 218 g/mol. The van der Waals surface area contributed by atoms with E-state index in [1.165, 1.54) is 77.0 Å². The Hall–Kier alpha value is -0.0400. The van der Waals surface area contributed by atoms with E-state index in [0.717, 1.165) is 0 Å². The van der Waals surface area contributed by atoms with Crippen LogP contribution in [0.5, 0.6) is 0 Å². The lowest BCUT2D eigenvalue weighted by atomic mass is 9.73. The van der Waals surface area contributed by atoms with Gasteiger partial charge < -0.3 is 5.73 Å². The highest BCUT2D eigenvalue weighted by molar-refractivity contribution is 5.02. The van der Waals surface area contributed by atoms with Crippen LogP contribution < -0.4 is 5.73 Å². The van der Waals surface area contributed by atoms with Crippen LogP contribution in [-0.4, -0.2) is 5.54 Å². The zero-order valence-electron chi connectivity index (χ0n) is 13.1. The Morgan fingerprint density at radius 2 is 1.39 bits per heavy atom. The summed E-state index contributed by atoms with van der Waals surface area (Å²) in [5.41, 5.74) is 7.12. The van der Waals surface area contributed by atoms with Crippen molar-refractivity contribution in [1.82, 2.24) is 0 Å². The largest absolute Gasteiger partial charge is 0.325 e. The molecule has 0 amide bonds. The fourth-order valence-electron chi connectivity index (χ4n) is 3.47. The smallest absolute Gasteiger partial charge is 0.0206 e. The van der Waals surface area contributed by atoms with E-state index in [0.29, 0.717) is 5.41 Å². The van der Waals surface area contributed by atoms with Gasteiger partial charge in [0.1, 0.15) is 0 Å². The van der Waals surface area contributed by atoms with Gasteiger partial charge in [-0.15, -0.1) is 0 Å². The third-order valence-electron chi connectivity index (χ3n) is 5.25. The normalized spacial score (nSPS) is 26.7. The van der Waals surface area contributed by atoms with E-state index < -0.39 is 0 Å². The lowest BCUT2D eigenvalue weighted by Gasteiger charge is -2.38. The third-order valence-corrected chi connectivity index (χ3v) is 5.25. The van der Waals surface area contributed by atoms with Crippen LogP contribution in [0.4, 0.5) is 0 Å². The molecule has 0 heterocycles. The van der Waals surface area contributed by atoms with Crippen LogP contribution in [0.25, 0.3) is 0 Å². The molecule has 1 nitrogen and oxygen atoms in total. The molecule has 18 heavy (non-hydrogen) atoms. The van der Waals surface area contributed by atoms with Crippen molar-refractivity contribution in [3.63, 3.8) is 0 Å². The van der Waals surface area contributed by atoms with Crippen LogP contribution in [0.3, 0.4) is 0 Å². The molecule has 0 bridgehead atoms. The van der Waals surface area contributed by atoms with E-state index >= 15 is 0 Å². The van der Waals surface area contributed by atoms with Gasteiger partial charge in [-0.05, 0) is 24.7 Å². The van der Waals surface area contributed by atoms with Crippen molar-refractivity contribution in [2.45, 2.75) is 103 Å². The van der Waals surface area contributed by atoms with Crippen LogP contribution >= 0.6 is 0 Å². The second kappa shape index (κ2) is 7.53. The minimum absolute atomic E-state index is 0.134. The second-order valence-electron chi connectivity index (χ2n) is 7.12. The zero-order valence-corrected chi connectivity index (χ0v) is 13.1. The Morgan fingerprint density at radius 3 is 1.89 bits per heavy atom. The quantitative estimate of drug-likeness (QED) is 0.545. The first kappa shape index (κ1) is 16.0. The molecule has 1 aliphatic rings. The van der Waals surface area contributed by atoms with Gasteiger partial charge in [0.25, 0.3) is 0 Å². The summed E-state index contributed by atoms with van der Waals surface area (Å²) in [5.74, 6) is 0. The van der Waals surface area contributed by atoms with Gasteiger partial charge >= 0.3 is 0 Å². The van der Waals surface area contributed by atoms with Crippen molar-refractivity contribution in [3.8, 4) is 0 Å². The van der Waals surface area contributed by atoms with Crippen molar-refractivity contribution < 1.29 is 0 Å². The van der Waals surface area contributed by atoms with E-state index in [1.54, 1.807) is 0 Å². The second-order valence-corrected chi connectivity index (χ2v) is 7.12. The molecule has 0 aromatic heterocycles. The molecule has 0 saturated heterocycles. The van der Waals surface area contributed by atoms with Gasteiger partial charge in [-0.25, -0.2) is 0 Å². The SMILES string of the molecule is CCCCCCCCCCC1(N)CCCC1(C)C. The molecule has 1 fully saturated rings. The molecule has 2 N–H and O–H groups in total. The first-order chi connectivity index (χ1) is 8.52. The summed E-state index contributed by atoms with van der Waals surface area (Å²) in [5, 5.41) is 0. The van der Waals surface area contributed by atoms with Gasteiger partial charge in [0.2, 0.25) is 0 Å². The van der Waals surface area contributed by atoms with Gasteiger partial charge in [0.15, 0.2) is 0 Å². The van der Waals surface area contributed by atoms with Crippen LogP contribution in [0.1, 0.15) is 97.8 Å². The molecule has 1 saturated carbocycles. The molecule has 0 aromatic carbocycles. The maximum Gasteiger partial charge on any atom is 0.0206 e. The maximum absolute atomic E-state index is 6.62. The lowest BCUT2D eigenvalue weighted by molar-refractivity contribution is 0.189. The fraction of sp³-hybridized carbons (Fsp3) is 1.00. The van der Waals surface area contributed by atoms with Crippen molar-refractivity contribution in [2.24, 2.45) is 11.1 Å². The van der Waals surface area contributed by atoms with Gasteiger partial charge in [0.05, 0.1) is 0 Å². The predicted octanol–water partition coefficient (Wildman–Crippen LogP) is 5.42. The van der Waals surface area contributed by atoms with Crippen molar-refractivity contribution in [3.05, 3.63) is 0 Å². The molecule has 1 unspecified atom stereocenters. The van der Waals surface area contributed by atoms with Crippen molar-refractivity contribution in [2.75, 3.05) is 0 Å². The standard InChI is InChI=1S/C17H35N/c1-4-5-6-7-8-9-10-11-14-17(18)15-12-13-16(17,2)3/h4-15,18H2,1-3H3. The van der Waals surface area contributed by atoms with Gasteiger partial charge in [-0.2, -0.15) is 0 Å². The summed E-state index contributed by atoms with van der Waals surface area (Å²) >= 11 is 0. The topological polar surface area (TPSA) is 26.0 Å². The van der Waals surface area contributed by atoms with Crippen LogP contribution in [-0.2, 0) is 0 Å². The fourth-order valence-corrected chi connectivity index (χ4v) is 3.47. The Labute approximate surface area is 115 Å². The third kappa shape index (κ3) is 4.57. The first-order valence-corrected chi connectivity index (χ1v) is 8.31. The molecule has 0 radical (unpaired) electrons. The molecule has 1 aliphatic carbocycles. The van der Waals surface area contributed by atoms with Gasteiger partial charge in [0, 0.05) is 5.54 Å². The Morgan fingerprint density at radius 1 is 0.833 bits per heavy atom. The number of unbranched alkanes of at least 4 members (excludes halogenated alkanes) is 7. The summed E-state index contributed by atoms with van der Waals surface area (Å²) in [7, 11) is 0. The highest BCUT2D eigenvalue weighted by Crippen LogP contribution is 2.46. The highest BCUT2D eigenvalue weighted by atomic mass is 14.8. The zero-order chi connectivity index (χ0) is 13.5. The predicted molar refractivity (Wildman–Crippen MR) is 81.8 cm³/mol. The van der Waals surface area contributed by atoms with Crippen molar-refractivity contribution >= 4 is 0 Å². The van der Waals surface area contributed by atoms with Crippen LogP contribution in [0.15, 0.2) is 0 Å². The van der Waals surface area contributed by atoms with E-state index in [4.69, 9.17) is 5.73 Å². The molecule has 0 aliphatic heterocycles. The van der Waals surface area contributed by atoms with E-state index in [9.17, 15) is 0 Å². The minimum atomic E-state index is 0.134. The molecule has 1 heteroatoms. The Balaban J connectivity index is 2.04. The van der Waals surface area contributed by atoms with E-state index in [1.807, 2.05) is 0 Å². The van der Waals surface area contributed by atoms with Gasteiger partial charge in [-0.1, -0.05) is 78.6 Å². The Bertz CT molecular complexity index is 222. The molecule has 0 spiro atoms. The maximum atomic E-state index is 6.62. The summed E-state index contributed by atoms with van der Waals surface area (Å²) in [6, 6.07) is 0. The number of hydrogen-bond acceptors (Lipinski definition) is 1. The summed E-state index contributed by atoms with van der Waals surface area (Å²) in [6.45, 7) is 7.01. The average molecular weight is 253 g/mol. The van der Waals surface area contributed by atoms with Crippen molar-refractivity contribution in [1.29, 1.82) is 0 Å². The monoisotopic (exact) mass is 253 g/mol. The molecule has 1 atom stereocenters. The highest BCUT2D eigenvalue weighted by Gasteiger charge is 2.44. The number of hydrogen-bond donors (Lipinski definition) is 1. The molecule has 108 valence electrons.